The van der Waals surface area contributed by atoms with Crippen LogP contribution in [0.25, 0.3) is 0 Å². The van der Waals surface area contributed by atoms with Crippen LogP contribution in [0.15, 0.2) is 12.1 Å². The van der Waals surface area contributed by atoms with Gasteiger partial charge in [0.05, 0.1) is 4.88 Å². The second-order valence-electron chi connectivity index (χ2n) is 1.83. The lowest BCUT2D eigenvalue weighted by molar-refractivity contribution is 0.0702. The Morgan fingerprint density at radius 2 is 2.33 bits per heavy atom. The lowest BCUT2D eigenvalue weighted by atomic mass is 10.4. The summed E-state index contributed by atoms with van der Waals surface area (Å²) in [7, 11) is 0. The number of aromatic carboxylic acids is 1. The van der Waals surface area contributed by atoms with Gasteiger partial charge in [-0.05, 0) is 18.1 Å². The van der Waals surface area contributed by atoms with Crippen molar-refractivity contribution in [2.24, 2.45) is 0 Å². The number of carbonyl (C=O) groups is 1. The number of rotatable bonds is 1. The van der Waals surface area contributed by atoms with E-state index in [9.17, 15) is 4.79 Å². The first kappa shape index (κ1) is 8.32. The zero-order chi connectivity index (χ0) is 8.97. The highest BCUT2D eigenvalue weighted by Gasteiger charge is 2.04. The van der Waals surface area contributed by atoms with Crippen LogP contribution < -0.4 is 0 Å². The molecule has 1 rings (SSSR count). The summed E-state index contributed by atoms with van der Waals surface area (Å²) in [6, 6.07) is 4.70. The number of thiophene rings is 1. The molecule has 0 fully saturated rings. The van der Waals surface area contributed by atoms with Crippen molar-refractivity contribution in [2.75, 3.05) is 0 Å². The number of nitriles is 1. The van der Waals surface area contributed by atoms with E-state index in [1.807, 2.05) is 0 Å². The highest BCUT2D eigenvalue weighted by molar-refractivity contribution is 7.14. The van der Waals surface area contributed by atoms with Crippen molar-refractivity contribution in [3.63, 3.8) is 0 Å². The van der Waals surface area contributed by atoms with Gasteiger partial charge in [0.2, 0.25) is 0 Å². The molecule has 58 valence electrons. The topological polar surface area (TPSA) is 61.1 Å². The van der Waals surface area contributed by atoms with Crippen molar-refractivity contribution in [3.8, 4) is 17.9 Å². The van der Waals surface area contributed by atoms with Crippen LogP contribution in [0, 0.1) is 23.2 Å². The summed E-state index contributed by atoms with van der Waals surface area (Å²) in [5.41, 5.74) is 0. The van der Waals surface area contributed by atoms with Gasteiger partial charge in [0.25, 0.3) is 0 Å². The molecule has 1 N–H and O–H groups in total. The maximum atomic E-state index is 10.4. The minimum atomic E-state index is -0.968. The molecule has 3 nitrogen and oxygen atoms in total. The molecule has 0 unspecified atom stereocenters. The van der Waals surface area contributed by atoms with Crippen molar-refractivity contribution < 1.29 is 9.90 Å². The molecule has 0 aliphatic carbocycles. The molecule has 0 aliphatic rings. The van der Waals surface area contributed by atoms with Gasteiger partial charge < -0.3 is 5.11 Å². The molecule has 0 atom stereocenters. The minimum Gasteiger partial charge on any atom is -0.477 e. The molecule has 1 aromatic rings. The molecule has 4 heteroatoms. The van der Waals surface area contributed by atoms with Crippen LogP contribution in [-0.2, 0) is 0 Å². The van der Waals surface area contributed by atoms with E-state index in [0.717, 1.165) is 11.3 Å². The Hall–Kier alpha value is -1.78. The third-order valence-corrected chi connectivity index (χ3v) is 2.05. The standard InChI is InChI=1S/C8H3NO2S/c9-5-1-2-6-3-4-7(12-6)8(10)11/h3-4H,(H,10,11). The molecule has 0 aliphatic heterocycles. The zero-order valence-corrected chi connectivity index (χ0v) is 6.68. The first-order valence-corrected chi connectivity index (χ1v) is 3.79. The van der Waals surface area contributed by atoms with Crippen LogP contribution in [-0.4, -0.2) is 11.1 Å². The summed E-state index contributed by atoms with van der Waals surface area (Å²) in [6.07, 6.45) is 0. The first-order valence-electron chi connectivity index (χ1n) is 2.97. The summed E-state index contributed by atoms with van der Waals surface area (Å²) in [5, 5.41) is 16.6. The van der Waals surface area contributed by atoms with Gasteiger partial charge >= 0.3 is 5.97 Å². The Morgan fingerprint density at radius 1 is 1.58 bits per heavy atom. The van der Waals surface area contributed by atoms with E-state index < -0.39 is 5.97 Å². The zero-order valence-electron chi connectivity index (χ0n) is 5.87. The largest absolute Gasteiger partial charge is 0.477 e. The Kier molecular flexibility index (Phi) is 2.47. The van der Waals surface area contributed by atoms with E-state index in [0.29, 0.717) is 4.88 Å². The van der Waals surface area contributed by atoms with Crippen LogP contribution in [0.5, 0.6) is 0 Å². The highest BCUT2D eigenvalue weighted by Crippen LogP contribution is 2.14. The van der Waals surface area contributed by atoms with E-state index in [-0.39, 0.29) is 4.88 Å². The molecular formula is C8H3NO2S. The van der Waals surface area contributed by atoms with Crippen molar-refractivity contribution in [1.29, 1.82) is 5.26 Å². The Balaban J connectivity index is 2.94. The summed E-state index contributed by atoms with van der Waals surface area (Å²) < 4.78 is 0. The molecule has 12 heavy (non-hydrogen) atoms. The Bertz CT molecular complexity index is 403. The number of hydrogen-bond donors (Lipinski definition) is 1. The summed E-state index contributed by atoms with van der Waals surface area (Å²) in [4.78, 5) is 11.2. The quantitative estimate of drug-likeness (QED) is 0.658. The van der Waals surface area contributed by atoms with Crippen LogP contribution >= 0.6 is 11.3 Å². The van der Waals surface area contributed by atoms with Crippen LogP contribution in [0.1, 0.15) is 14.5 Å². The fraction of sp³-hybridized carbons (Fsp3) is 0. The van der Waals surface area contributed by atoms with Gasteiger partial charge in [-0.1, -0.05) is 0 Å². The van der Waals surface area contributed by atoms with Crippen molar-refractivity contribution in [1.82, 2.24) is 0 Å². The normalized spacial score (nSPS) is 7.92. The SMILES string of the molecule is N#CC#Cc1ccc(C(=O)O)s1. The monoisotopic (exact) mass is 177 g/mol. The van der Waals surface area contributed by atoms with Gasteiger partial charge in [0.1, 0.15) is 4.88 Å². The smallest absolute Gasteiger partial charge is 0.345 e. The van der Waals surface area contributed by atoms with Crippen molar-refractivity contribution in [3.05, 3.63) is 21.9 Å². The summed E-state index contributed by atoms with van der Waals surface area (Å²) in [5.74, 6) is 3.74. The van der Waals surface area contributed by atoms with E-state index in [1.165, 1.54) is 6.07 Å². The van der Waals surface area contributed by atoms with E-state index in [4.69, 9.17) is 10.4 Å². The van der Waals surface area contributed by atoms with E-state index in [2.05, 4.69) is 11.8 Å². The Labute approximate surface area is 72.9 Å². The van der Waals surface area contributed by atoms with Crippen LogP contribution in [0.3, 0.4) is 0 Å². The van der Waals surface area contributed by atoms with Gasteiger partial charge in [0, 0.05) is 5.92 Å². The second-order valence-corrected chi connectivity index (χ2v) is 2.91. The van der Waals surface area contributed by atoms with Crippen molar-refractivity contribution in [2.45, 2.75) is 0 Å². The molecular weight excluding hydrogens is 174 g/mol. The number of nitrogens with zero attached hydrogens (tertiary/aromatic N) is 1. The van der Waals surface area contributed by atoms with Crippen LogP contribution in [0.4, 0.5) is 0 Å². The van der Waals surface area contributed by atoms with Crippen molar-refractivity contribution >= 4 is 17.3 Å². The lowest BCUT2D eigenvalue weighted by Gasteiger charge is -1.80. The Morgan fingerprint density at radius 3 is 2.83 bits per heavy atom. The maximum absolute atomic E-state index is 10.4. The van der Waals surface area contributed by atoms with E-state index in [1.54, 1.807) is 12.1 Å². The molecule has 1 aromatic heterocycles. The molecule has 0 radical (unpaired) electrons. The van der Waals surface area contributed by atoms with Gasteiger partial charge in [-0.2, -0.15) is 5.26 Å². The minimum absolute atomic E-state index is 0.234. The summed E-state index contributed by atoms with van der Waals surface area (Å²) in [6.45, 7) is 0. The second kappa shape index (κ2) is 3.56. The van der Waals surface area contributed by atoms with Crippen LogP contribution in [0.2, 0.25) is 0 Å². The molecule has 0 bridgehead atoms. The number of carboxylic acids is 1. The van der Waals surface area contributed by atoms with E-state index >= 15 is 0 Å². The van der Waals surface area contributed by atoms with Gasteiger partial charge in [-0.15, -0.1) is 11.3 Å². The molecule has 0 spiro atoms. The predicted octanol–water partition coefficient (Wildman–Crippen LogP) is 1.32. The fourth-order valence-corrected chi connectivity index (χ4v) is 1.31. The third-order valence-electron chi connectivity index (χ3n) is 1.06. The molecule has 0 saturated heterocycles. The average Bonchev–Trinajstić information content (AvgIpc) is 2.48. The summed E-state index contributed by atoms with van der Waals surface area (Å²) >= 11 is 1.06. The third kappa shape index (κ3) is 1.85. The van der Waals surface area contributed by atoms with Gasteiger partial charge in [0.15, 0.2) is 6.07 Å². The fourth-order valence-electron chi connectivity index (χ4n) is 0.610. The van der Waals surface area contributed by atoms with Gasteiger partial charge in [-0.3, -0.25) is 0 Å². The molecule has 0 aromatic carbocycles. The lowest BCUT2D eigenvalue weighted by Crippen LogP contribution is -1.89. The number of carboxylic acid groups (broad SMARTS) is 1. The average molecular weight is 177 g/mol. The number of hydrogen-bond acceptors (Lipinski definition) is 3. The maximum Gasteiger partial charge on any atom is 0.345 e. The predicted molar refractivity (Wildman–Crippen MR) is 43.8 cm³/mol. The highest BCUT2D eigenvalue weighted by atomic mass is 32.1. The molecule has 1 heterocycles. The molecule has 0 saturated carbocycles. The first-order chi connectivity index (χ1) is 5.74. The van der Waals surface area contributed by atoms with Gasteiger partial charge in [-0.25, -0.2) is 4.79 Å². The molecule has 0 amide bonds.